The zero-order valence-corrected chi connectivity index (χ0v) is 20.3. The summed E-state index contributed by atoms with van der Waals surface area (Å²) in [4.78, 5) is 30.0. The number of halogens is 1. The predicted molar refractivity (Wildman–Crippen MR) is 127 cm³/mol. The Hall–Kier alpha value is -2.54. The quantitative estimate of drug-likeness (QED) is 0.640. The van der Waals surface area contributed by atoms with Crippen molar-refractivity contribution in [2.75, 3.05) is 26.2 Å². The molecule has 2 atom stereocenters. The molecule has 1 aromatic heterocycles. The van der Waals surface area contributed by atoms with E-state index >= 15 is 0 Å². The van der Waals surface area contributed by atoms with Crippen LogP contribution in [0.2, 0.25) is 5.02 Å². The number of nitrogens with zero attached hydrogens (tertiary/aromatic N) is 4. The first-order valence-corrected chi connectivity index (χ1v) is 12.3. The van der Waals surface area contributed by atoms with Crippen LogP contribution in [0.15, 0.2) is 30.3 Å². The molecular formula is C25H33ClN4O3. The molecule has 8 heteroatoms. The molecule has 0 radical (unpaired) electrons. The number of piperidine rings is 2. The first-order valence-electron chi connectivity index (χ1n) is 11.9. The van der Waals surface area contributed by atoms with Crippen LogP contribution in [0.3, 0.4) is 0 Å². The molecule has 2 aliphatic heterocycles. The molecule has 0 N–H and O–H groups in total. The van der Waals surface area contributed by atoms with Crippen LogP contribution in [0.25, 0.3) is 0 Å². The summed E-state index contributed by atoms with van der Waals surface area (Å²) in [5.74, 6) is 0.812. The Morgan fingerprint density at radius 2 is 1.85 bits per heavy atom. The molecule has 7 nitrogen and oxygen atoms in total. The predicted octanol–water partition coefficient (Wildman–Crippen LogP) is 3.85. The Bertz CT molecular complexity index is 986. The van der Waals surface area contributed by atoms with Crippen molar-refractivity contribution in [3.8, 4) is 5.75 Å². The van der Waals surface area contributed by atoms with E-state index < -0.39 is 0 Å². The fraction of sp³-hybridized carbons (Fsp3) is 0.560. The molecular weight excluding hydrogens is 440 g/mol. The topological polar surface area (TPSA) is 67.7 Å². The number of benzene rings is 1. The largest absolute Gasteiger partial charge is 0.490 e. The number of carbonyl (C=O) groups is 2. The number of ether oxygens (including phenoxy) is 1. The summed E-state index contributed by atoms with van der Waals surface area (Å²) < 4.78 is 8.05. The van der Waals surface area contributed by atoms with Gasteiger partial charge in [-0.15, -0.1) is 0 Å². The third kappa shape index (κ3) is 6.08. The van der Waals surface area contributed by atoms with Crippen molar-refractivity contribution in [2.24, 2.45) is 5.92 Å². The highest BCUT2D eigenvalue weighted by Crippen LogP contribution is 2.28. The molecule has 33 heavy (non-hydrogen) atoms. The maximum atomic E-state index is 13.1. The van der Waals surface area contributed by atoms with E-state index in [2.05, 4.69) is 5.10 Å². The summed E-state index contributed by atoms with van der Waals surface area (Å²) in [6, 6.07) is 9.32. The summed E-state index contributed by atoms with van der Waals surface area (Å²) >= 11 is 6.14. The van der Waals surface area contributed by atoms with E-state index in [-0.39, 0.29) is 30.4 Å². The van der Waals surface area contributed by atoms with E-state index in [1.165, 1.54) is 6.42 Å². The third-order valence-corrected chi connectivity index (χ3v) is 6.87. The lowest BCUT2D eigenvalue weighted by Gasteiger charge is -2.39. The van der Waals surface area contributed by atoms with Gasteiger partial charge in [0, 0.05) is 55.7 Å². The molecule has 1 aromatic carbocycles. The summed E-state index contributed by atoms with van der Waals surface area (Å²) in [5.41, 5.74) is 1.87. The monoisotopic (exact) mass is 472 g/mol. The zero-order valence-electron chi connectivity index (χ0n) is 19.5. The van der Waals surface area contributed by atoms with Gasteiger partial charge in [-0.25, -0.2) is 0 Å². The fourth-order valence-electron chi connectivity index (χ4n) is 4.86. The van der Waals surface area contributed by atoms with E-state index in [0.29, 0.717) is 36.7 Å². The average Bonchev–Trinajstić information content (AvgIpc) is 3.11. The van der Waals surface area contributed by atoms with Gasteiger partial charge in [0.1, 0.15) is 18.4 Å². The zero-order chi connectivity index (χ0) is 23.4. The molecule has 3 heterocycles. The van der Waals surface area contributed by atoms with Gasteiger partial charge in [-0.3, -0.25) is 14.3 Å². The molecule has 2 aromatic rings. The van der Waals surface area contributed by atoms with Crippen LogP contribution in [0, 0.1) is 19.8 Å². The van der Waals surface area contributed by atoms with Gasteiger partial charge in [0.2, 0.25) is 11.8 Å². The van der Waals surface area contributed by atoms with E-state index in [1.54, 1.807) is 10.7 Å². The number of aromatic nitrogens is 2. The molecule has 0 saturated carbocycles. The number of aryl methyl sites for hydroxylation is 2. The van der Waals surface area contributed by atoms with Gasteiger partial charge in [0.05, 0.1) is 5.69 Å². The van der Waals surface area contributed by atoms with Crippen LogP contribution >= 0.6 is 11.6 Å². The van der Waals surface area contributed by atoms with Gasteiger partial charge in [-0.05, 0) is 57.4 Å². The van der Waals surface area contributed by atoms with E-state index in [0.717, 1.165) is 37.3 Å². The molecule has 178 valence electrons. The smallest absolute Gasteiger partial charge is 0.244 e. The van der Waals surface area contributed by atoms with Gasteiger partial charge in [-0.2, -0.15) is 5.10 Å². The minimum atomic E-state index is -0.144. The molecule has 2 fully saturated rings. The second-order valence-electron chi connectivity index (χ2n) is 9.23. The van der Waals surface area contributed by atoms with Crippen molar-refractivity contribution in [1.29, 1.82) is 0 Å². The van der Waals surface area contributed by atoms with Crippen LogP contribution in [0.5, 0.6) is 5.75 Å². The average molecular weight is 473 g/mol. The van der Waals surface area contributed by atoms with Crippen LogP contribution in [-0.2, 0) is 16.1 Å². The maximum absolute atomic E-state index is 13.1. The lowest BCUT2D eigenvalue weighted by Crippen LogP contribution is -2.50. The van der Waals surface area contributed by atoms with Crippen molar-refractivity contribution >= 4 is 23.4 Å². The maximum Gasteiger partial charge on any atom is 0.244 e. The standard InChI is InChI=1S/C25H33ClN4O3/c1-18-13-19(2)30(27-18)17-25(32)29-12-9-23(33-22-8-6-7-21(26)15-22)20(16-29)14-24(31)28-10-4-3-5-11-28/h6-8,13,15,20,23H,3-5,9-12,14,16-17H2,1-2H3/t20-,23-/m0/s1. The van der Waals surface area contributed by atoms with E-state index in [9.17, 15) is 9.59 Å². The highest BCUT2D eigenvalue weighted by Gasteiger charge is 2.35. The lowest BCUT2D eigenvalue weighted by atomic mass is 9.90. The Balaban J connectivity index is 1.46. The molecule has 0 aliphatic carbocycles. The first kappa shape index (κ1) is 23.6. The minimum absolute atomic E-state index is 0.0258. The van der Waals surface area contributed by atoms with Crippen molar-refractivity contribution in [3.05, 3.63) is 46.7 Å². The van der Waals surface area contributed by atoms with Crippen LogP contribution in [0.4, 0.5) is 0 Å². The van der Waals surface area contributed by atoms with Crippen molar-refractivity contribution in [1.82, 2.24) is 19.6 Å². The molecule has 2 amide bonds. The first-order chi connectivity index (χ1) is 15.9. The number of carbonyl (C=O) groups excluding carboxylic acids is 2. The number of rotatable bonds is 6. The molecule has 2 saturated heterocycles. The normalized spacial score (nSPS) is 21.2. The Labute approximate surface area is 200 Å². The van der Waals surface area contributed by atoms with Crippen molar-refractivity contribution in [2.45, 2.75) is 58.6 Å². The Morgan fingerprint density at radius 1 is 1.06 bits per heavy atom. The summed E-state index contributed by atoms with van der Waals surface area (Å²) in [6.07, 6.45) is 4.22. The molecule has 0 spiro atoms. The van der Waals surface area contributed by atoms with Gasteiger partial charge < -0.3 is 14.5 Å². The van der Waals surface area contributed by atoms with Gasteiger partial charge in [0.25, 0.3) is 0 Å². The third-order valence-electron chi connectivity index (χ3n) is 6.63. The Kier molecular flexibility index (Phi) is 7.58. The van der Waals surface area contributed by atoms with Gasteiger partial charge in [0.15, 0.2) is 0 Å². The molecule has 0 bridgehead atoms. The summed E-state index contributed by atoms with van der Waals surface area (Å²) in [5, 5.41) is 5.04. The summed E-state index contributed by atoms with van der Waals surface area (Å²) in [7, 11) is 0. The van der Waals surface area contributed by atoms with Crippen LogP contribution in [-0.4, -0.2) is 63.7 Å². The van der Waals surface area contributed by atoms with E-state index in [4.69, 9.17) is 16.3 Å². The number of likely N-dealkylation sites (tertiary alicyclic amines) is 2. The highest BCUT2D eigenvalue weighted by molar-refractivity contribution is 6.30. The van der Waals surface area contributed by atoms with E-state index in [1.807, 2.05) is 47.9 Å². The van der Waals surface area contributed by atoms with Gasteiger partial charge in [-0.1, -0.05) is 17.7 Å². The summed E-state index contributed by atoms with van der Waals surface area (Å²) in [6.45, 7) is 6.85. The minimum Gasteiger partial charge on any atom is -0.490 e. The fourth-order valence-corrected chi connectivity index (χ4v) is 5.04. The van der Waals surface area contributed by atoms with Gasteiger partial charge >= 0.3 is 0 Å². The van der Waals surface area contributed by atoms with Crippen LogP contribution in [0.1, 0.15) is 43.5 Å². The molecule has 0 unspecified atom stereocenters. The highest BCUT2D eigenvalue weighted by atomic mass is 35.5. The SMILES string of the molecule is Cc1cc(C)n(CC(=O)N2CC[C@H](Oc3cccc(Cl)c3)[C@@H](CC(=O)N3CCCCC3)C2)n1. The molecule has 2 aliphatic rings. The van der Waals surface area contributed by atoms with Crippen molar-refractivity contribution in [3.63, 3.8) is 0 Å². The second-order valence-corrected chi connectivity index (χ2v) is 9.67. The van der Waals surface area contributed by atoms with Crippen molar-refractivity contribution < 1.29 is 14.3 Å². The second kappa shape index (κ2) is 10.6. The Morgan fingerprint density at radius 3 is 2.55 bits per heavy atom. The number of amides is 2. The number of hydrogen-bond acceptors (Lipinski definition) is 4. The van der Waals surface area contributed by atoms with Crippen LogP contribution < -0.4 is 4.74 Å². The lowest BCUT2D eigenvalue weighted by molar-refractivity contribution is -0.140. The molecule has 4 rings (SSSR count). The number of hydrogen-bond donors (Lipinski definition) is 0.